The summed E-state index contributed by atoms with van der Waals surface area (Å²) in [6, 6.07) is 2.24. The number of aryl methyl sites for hydroxylation is 1. The van der Waals surface area contributed by atoms with Gasteiger partial charge in [-0.05, 0) is 55.5 Å². The van der Waals surface area contributed by atoms with Crippen molar-refractivity contribution < 1.29 is 0 Å². The van der Waals surface area contributed by atoms with Crippen molar-refractivity contribution in [2.75, 3.05) is 0 Å². The molecular formula is C11H16S. The van der Waals surface area contributed by atoms with Crippen LogP contribution in [0, 0.1) is 27.7 Å². The van der Waals surface area contributed by atoms with Crippen molar-refractivity contribution in [3.8, 4) is 0 Å². The minimum atomic E-state index is 0.841. The maximum absolute atomic E-state index is 4.31. The number of hydrogen-bond donors (Lipinski definition) is 1. The van der Waals surface area contributed by atoms with Gasteiger partial charge < -0.3 is 0 Å². The lowest BCUT2D eigenvalue weighted by molar-refractivity contribution is 1.17. The van der Waals surface area contributed by atoms with Crippen LogP contribution in [0.3, 0.4) is 0 Å². The van der Waals surface area contributed by atoms with Gasteiger partial charge in [0.05, 0.1) is 0 Å². The largest absolute Gasteiger partial charge is 0.175 e. The van der Waals surface area contributed by atoms with Crippen molar-refractivity contribution in [2.45, 2.75) is 33.4 Å². The second-order valence-electron chi connectivity index (χ2n) is 3.39. The van der Waals surface area contributed by atoms with Crippen LogP contribution in [0.5, 0.6) is 0 Å². The van der Waals surface area contributed by atoms with Gasteiger partial charge >= 0.3 is 0 Å². The zero-order chi connectivity index (χ0) is 9.30. The Bertz CT molecular complexity index is 300. The van der Waals surface area contributed by atoms with Gasteiger partial charge in [0.25, 0.3) is 0 Å². The SMILES string of the molecule is Cc1cc(CS)c(C)c(C)c1C. The molecule has 0 radical (unpaired) electrons. The van der Waals surface area contributed by atoms with E-state index in [1.165, 1.54) is 27.8 Å². The molecule has 0 saturated heterocycles. The summed E-state index contributed by atoms with van der Waals surface area (Å²) in [5.41, 5.74) is 6.96. The van der Waals surface area contributed by atoms with E-state index in [1.54, 1.807) is 0 Å². The van der Waals surface area contributed by atoms with E-state index < -0.39 is 0 Å². The Morgan fingerprint density at radius 3 is 2.08 bits per heavy atom. The van der Waals surface area contributed by atoms with E-state index >= 15 is 0 Å². The Morgan fingerprint density at radius 2 is 1.58 bits per heavy atom. The Hall–Kier alpha value is -0.430. The summed E-state index contributed by atoms with van der Waals surface area (Å²) in [7, 11) is 0. The Morgan fingerprint density at radius 1 is 1.00 bits per heavy atom. The maximum Gasteiger partial charge on any atom is 0.0157 e. The summed E-state index contributed by atoms with van der Waals surface area (Å²) in [4.78, 5) is 0. The number of hydrogen-bond acceptors (Lipinski definition) is 1. The van der Waals surface area contributed by atoms with Crippen molar-refractivity contribution in [2.24, 2.45) is 0 Å². The second kappa shape index (κ2) is 3.53. The van der Waals surface area contributed by atoms with Crippen molar-refractivity contribution in [1.82, 2.24) is 0 Å². The lowest BCUT2D eigenvalue weighted by atomic mass is 9.95. The molecule has 0 saturated carbocycles. The molecular weight excluding hydrogens is 164 g/mol. The fourth-order valence-electron chi connectivity index (χ4n) is 1.46. The molecule has 0 bridgehead atoms. The first-order chi connectivity index (χ1) is 5.57. The maximum atomic E-state index is 4.31. The van der Waals surface area contributed by atoms with Crippen LogP contribution in [-0.4, -0.2) is 0 Å². The van der Waals surface area contributed by atoms with E-state index in [-0.39, 0.29) is 0 Å². The minimum Gasteiger partial charge on any atom is -0.175 e. The second-order valence-corrected chi connectivity index (χ2v) is 3.70. The van der Waals surface area contributed by atoms with Crippen LogP contribution in [0.25, 0.3) is 0 Å². The highest BCUT2D eigenvalue weighted by molar-refractivity contribution is 7.79. The molecule has 1 rings (SSSR count). The average Bonchev–Trinajstić information content (AvgIpc) is 2.08. The summed E-state index contributed by atoms with van der Waals surface area (Å²) in [5, 5.41) is 0. The number of rotatable bonds is 1. The quantitative estimate of drug-likeness (QED) is 0.630. The van der Waals surface area contributed by atoms with E-state index in [2.05, 4.69) is 46.4 Å². The van der Waals surface area contributed by atoms with Gasteiger partial charge in [-0.25, -0.2) is 0 Å². The first-order valence-corrected chi connectivity index (χ1v) is 4.88. The molecule has 1 aromatic rings. The highest BCUT2D eigenvalue weighted by Crippen LogP contribution is 2.21. The molecule has 0 spiro atoms. The van der Waals surface area contributed by atoms with Crippen molar-refractivity contribution in [1.29, 1.82) is 0 Å². The molecule has 0 aromatic heterocycles. The zero-order valence-electron chi connectivity index (χ0n) is 8.23. The molecule has 0 aliphatic heterocycles. The van der Waals surface area contributed by atoms with Gasteiger partial charge in [0.2, 0.25) is 0 Å². The fraction of sp³-hybridized carbons (Fsp3) is 0.455. The van der Waals surface area contributed by atoms with Gasteiger partial charge in [-0.2, -0.15) is 12.6 Å². The van der Waals surface area contributed by atoms with Gasteiger partial charge in [0, 0.05) is 5.75 Å². The van der Waals surface area contributed by atoms with E-state index in [9.17, 15) is 0 Å². The van der Waals surface area contributed by atoms with Crippen molar-refractivity contribution >= 4 is 12.6 Å². The molecule has 0 nitrogen and oxygen atoms in total. The van der Waals surface area contributed by atoms with Crippen LogP contribution >= 0.6 is 12.6 Å². The smallest absolute Gasteiger partial charge is 0.0157 e. The Labute approximate surface area is 80.4 Å². The third-order valence-corrected chi connectivity index (χ3v) is 3.10. The normalized spacial score (nSPS) is 10.4. The van der Waals surface area contributed by atoms with E-state index in [4.69, 9.17) is 0 Å². The molecule has 0 N–H and O–H groups in total. The summed E-state index contributed by atoms with van der Waals surface area (Å²) < 4.78 is 0. The van der Waals surface area contributed by atoms with E-state index in [0.717, 1.165) is 5.75 Å². The summed E-state index contributed by atoms with van der Waals surface area (Å²) >= 11 is 4.31. The first kappa shape index (κ1) is 9.66. The fourth-order valence-corrected chi connectivity index (χ4v) is 1.79. The molecule has 1 heteroatoms. The van der Waals surface area contributed by atoms with Crippen molar-refractivity contribution in [3.63, 3.8) is 0 Å². The monoisotopic (exact) mass is 180 g/mol. The zero-order valence-corrected chi connectivity index (χ0v) is 9.13. The molecule has 0 heterocycles. The lowest BCUT2D eigenvalue weighted by Crippen LogP contribution is -1.95. The molecule has 0 atom stereocenters. The van der Waals surface area contributed by atoms with Gasteiger partial charge in [-0.15, -0.1) is 0 Å². The Kier molecular flexibility index (Phi) is 2.84. The number of benzene rings is 1. The van der Waals surface area contributed by atoms with Gasteiger partial charge in [0.15, 0.2) is 0 Å². The predicted octanol–water partition coefficient (Wildman–Crippen LogP) is 3.35. The summed E-state index contributed by atoms with van der Waals surface area (Å²) in [6.45, 7) is 8.70. The predicted molar refractivity (Wildman–Crippen MR) is 58.1 cm³/mol. The minimum absolute atomic E-state index is 0.841. The molecule has 0 aliphatic carbocycles. The van der Waals surface area contributed by atoms with Crippen LogP contribution in [-0.2, 0) is 5.75 Å². The number of thiol groups is 1. The molecule has 1 aromatic carbocycles. The third-order valence-electron chi connectivity index (χ3n) is 2.76. The van der Waals surface area contributed by atoms with Crippen molar-refractivity contribution in [3.05, 3.63) is 33.9 Å². The van der Waals surface area contributed by atoms with E-state index in [0.29, 0.717) is 0 Å². The molecule has 66 valence electrons. The first-order valence-electron chi connectivity index (χ1n) is 4.25. The van der Waals surface area contributed by atoms with Gasteiger partial charge in [-0.3, -0.25) is 0 Å². The van der Waals surface area contributed by atoms with Crippen LogP contribution in [0.15, 0.2) is 6.07 Å². The van der Waals surface area contributed by atoms with Crippen LogP contribution in [0.1, 0.15) is 27.8 Å². The van der Waals surface area contributed by atoms with Crippen LogP contribution in [0.2, 0.25) is 0 Å². The summed E-state index contributed by atoms with van der Waals surface area (Å²) in [6.07, 6.45) is 0. The average molecular weight is 180 g/mol. The molecule has 0 amide bonds. The molecule has 0 aliphatic rings. The molecule has 0 fully saturated rings. The van der Waals surface area contributed by atoms with Crippen LogP contribution in [0.4, 0.5) is 0 Å². The molecule has 0 unspecified atom stereocenters. The lowest BCUT2D eigenvalue weighted by Gasteiger charge is -2.12. The standard InChI is InChI=1S/C11H16S/c1-7-5-11(6-12)10(4)9(3)8(7)2/h5,12H,6H2,1-4H3. The topological polar surface area (TPSA) is 0 Å². The highest BCUT2D eigenvalue weighted by atomic mass is 32.1. The van der Waals surface area contributed by atoms with Crippen LogP contribution < -0.4 is 0 Å². The third kappa shape index (κ3) is 1.51. The van der Waals surface area contributed by atoms with Gasteiger partial charge in [0.1, 0.15) is 0 Å². The highest BCUT2D eigenvalue weighted by Gasteiger charge is 2.04. The van der Waals surface area contributed by atoms with Gasteiger partial charge in [-0.1, -0.05) is 6.07 Å². The Balaban J connectivity index is 3.39. The molecule has 12 heavy (non-hydrogen) atoms. The summed E-state index contributed by atoms with van der Waals surface area (Å²) in [5.74, 6) is 0.841. The van der Waals surface area contributed by atoms with E-state index in [1.807, 2.05) is 0 Å².